The molecule has 0 saturated carbocycles. The maximum atomic E-state index is 13.0. The number of hydrogen-bond donors (Lipinski definition) is 0. The number of benzene rings is 2. The average molecular weight is 414 g/mol. The molecule has 0 aromatic heterocycles. The Bertz CT molecular complexity index is 864. The van der Waals surface area contributed by atoms with Gasteiger partial charge in [0.1, 0.15) is 10.1 Å². The Morgan fingerprint density at radius 3 is 2.57 bits per heavy atom. The molecule has 0 N–H and O–H groups in total. The zero-order chi connectivity index (χ0) is 20.3. The Labute approximate surface area is 177 Å². The molecule has 3 nitrogen and oxygen atoms in total. The molecule has 1 aliphatic heterocycles. The lowest BCUT2D eigenvalue weighted by Gasteiger charge is -2.18. The van der Waals surface area contributed by atoms with E-state index >= 15 is 0 Å². The minimum atomic E-state index is -0.143. The number of hydrogen-bond acceptors (Lipinski definition) is 4. The SMILES string of the molecule is COc1cc(C)c(C[C@H]2SC(=S)N(CCc3ccccc3)C2=O)cc1C(C)C. The summed E-state index contributed by atoms with van der Waals surface area (Å²) in [7, 11) is 1.71. The molecule has 148 valence electrons. The van der Waals surface area contributed by atoms with Crippen molar-refractivity contribution in [2.75, 3.05) is 13.7 Å². The maximum Gasteiger partial charge on any atom is 0.241 e. The molecule has 5 heteroatoms. The molecule has 1 atom stereocenters. The Kier molecular flexibility index (Phi) is 6.78. The minimum Gasteiger partial charge on any atom is -0.496 e. The lowest BCUT2D eigenvalue weighted by molar-refractivity contribution is -0.126. The van der Waals surface area contributed by atoms with Crippen LogP contribution in [0.1, 0.15) is 42.0 Å². The highest BCUT2D eigenvalue weighted by Crippen LogP contribution is 2.34. The van der Waals surface area contributed by atoms with Crippen LogP contribution in [0.2, 0.25) is 0 Å². The predicted octanol–water partition coefficient (Wildman–Crippen LogP) is 5.14. The van der Waals surface area contributed by atoms with E-state index in [-0.39, 0.29) is 11.2 Å². The van der Waals surface area contributed by atoms with Gasteiger partial charge in [-0.15, -0.1) is 0 Å². The first-order valence-electron chi connectivity index (χ1n) is 9.64. The molecule has 1 heterocycles. The van der Waals surface area contributed by atoms with E-state index < -0.39 is 0 Å². The van der Waals surface area contributed by atoms with Gasteiger partial charge >= 0.3 is 0 Å². The van der Waals surface area contributed by atoms with E-state index in [9.17, 15) is 4.79 Å². The smallest absolute Gasteiger partial charge is 0.241 e. The number of carbonyl (C=O) groups is 1. The van der Waals surface area contributed by atoms with Crippen molar-refractivity contribution >= 4 is 34.2 Å². The minimum absolute atomic E-state index is 0.132. The molecular formula is C23H27NO2S2. The highest BCUT2D eigenvalue weighted by Gasteiger charge is 2.36. The average Bonchev–Trinajstić information content (AvgIpc) is 2.95. The highest BCUT2D eigenvalue weighted by molar-refractivity contribution is 8.24. The van der Waals surface area contributed by atoms with Crippen LogP contribution in [0.15, 0.2) is 42.5 Å². The number of methoxy groups -OCH3 is 1. The molecular weight excluding hydrogens is 386 g/mol. The molecule has 1 amide bonds. The Morgan fingerprint density at radius 1 is 1.21 bits per heavy atom. The summed E-state index contributed by atoms with van der Waals surface area (Å²) in [5, 5.41) is -0.143. The zero-order valence-corrected chi connectivity index (χ0v) is 18.5. The van der Waals surface area contributed by atoms with Gasteiger partial charge in [0.25, 0.3) is 0 Å². The van der Waals surface area contributed by atoms with Crippen molar-refractivity contribution in [3.63, 3.8) is 0 Å². The number of aryl methyl sites for hydroxylation is 1. The van der Waals surface area contributed by atoms with Crippen LogP contribution in [0.3, 0.4) is 0 Å². The van der Waals surface area contributed by atoms with Crippen molar-refractivity contribution in [1.82, 2.24) is 4.90 Å². The van der Waals surface area contributed by atoms with Crippen molar-refractivity contribution in [3.05, 3.63) is 64.7 Å². The monoisotopic (exact) mass is 413 g/mol. The molecule has 0 radical (unpaired) electrons. The van der Waals surface area contributed by atoms with Crippen molar-refractivity contribution in [2.45, 2.75) is 44.8 Å². The van der Waals surface area contributed by atoms with E-state index in [0.29, 0.717) is 23.2 Å². The van der Waals surface area contributed by atoms with Gasteiger partial charge in [-0.25, -0.2) is 0 Å². The van der Waals surface area contributed by atoms with Crippen LogP contribution >= 0.6 is 24.0 Å². The third-order valence-corrected chi connectivity index (χ3v) is 6.77. The van der Waals surface area contributed by atoms with Crippen LogP contribution in [0.25, 0.3) is 0 Å². The van der Waals surface area contributed by atoms with E-state index in [1.165, 1.54) is 28.5 Å². The second-order valence-electron chi connectivity index (χ2n) is 7.48. The van der Waals surface area contributed by atoms with E-state index in [1.807, 2.05) is 18.2 Å². The van der Waals surface area contributed by atoms with Gasteiger partial charge in [0.15, 0.2) is 0 Å². The van der Waals surface area contributed by atoms with Crippen molar-refractivity contribution < 1.29 is 9.53 Å². The van der Waals surface area contributed by atoms with E-state index in [2.05, 4.69) is 45.0 Å². The topological polar surface area (TPSA) is 29.5 Å². The van der Waals surface area contributed by atoms with Gasteiger partial charge in [0, 0.05) is 6.54 Å². The zero-order valence-electron chi connectivity index (χ0n) is 16.9. The van der Waals surface area contributed by atoms with Crippen molar-refractivity contribution in [2.24, 2.45) is 0 Å². The third-order valence-electron chi connectivity index (χ3n) is 5.19. The number of thioether (sulfide) groups is 1. The summed E-state index contributed by atoms with van der Waals surface area (Å²) in [6.07, 6.45) is 1.51. The van der Waals surface area contributed by atoms with E-state index in [0.717, 1.165) is 17.7 Å². The molecule has 3 rings (SSSR count). The fraction of sp³-hybridized carbons (Fsp3) is 0.391. The van der Waals surface area contributed by atoms with Gasteiger partial charge in [-0.05, 0) is 54.0 Å². The number of ether oxygens (including phenoxy) is 1. The van der Waals surface area contributed by atoms with Crippen LogP contribution in [0.5, 0.6) is 5.75 Å². The first-order chi connectivity index (χ1) is 13.4. The normalized spacial score (nSPS) is 16.9. The molecule has 1 fully saturated rings. The van der Waals surface area contributed by atoms with Crippen LogP contribution in [-0.4, -0.2) is 34.0 Å². The molecule has 0 aliphatic carbocycles. The Hall–Kier alpha value is -1.85. The van der Waals surface area contributed by atoms with Crippen LogP contribution in [0, 0.1) is 6.92 Å². The fourth-order valence-corrected chi connectivity index (χ4v) is 5.08. The first kappa shape index (κ1) is 20.9. The van der Waals surface area contributed by atoms with Crippen LogP contribution in [0.4, 0.5) is 0 Å². The predicted molar refractivity (Wildman–Crippen MR) is 121 cm³/mol. The summed E-state index contributed by atoms with van der Waals surface area (Å²) in [6, 6.07) is 14.5. The lowest BCUT2D eigenvalue weighted by atomic mass is 9.94. The van der Waals surface area contributed by atoms with Crippen LogP contribution < -0.4 is 4.74 Å². The lowest BCUT2D eigenvalue weighted by Crippen LogP contribution is -2.33. The fourth-order valence-electron chi connectivity index (χ4n) is 3.51. The number of carbonyl (C=O) groups excluding carboxylic acids is 1. The van der Waals surface area contributed by atoms with Crippen molar-refractivity contribution in [1.29, 1.82) is 0 Å². The molecule has 28 heavy (non-hydrogen) atoms. The Morgan fingerprint density at radius 2 is 1.93 bits per heavy atom. The highest BCUT2D eigenvalue weighted by atomic mass is 32.2. The van der Waals surface area contributed by atoms with Crippen LogP contribution in [-0.2, 0) is 17.6 Å². The molecule has 0 bridgehead atoms. The second-order valence-corrected chi connectivity index (χ2v) is 9.31. The second kappa shape index (κ2) is 9.10. The summed E-state index contributed by atoms with van der Waals surface area (Å²) in [6.45, 7) is 7.04. The molecule has 2 aromatic rings. The maximum absolute atomic E-state index is 13.0. The Balaban J connectivity index is 1.72. The summed E-state index contributed by atoms with van der Waals surface area (Å²) in [4.78, 5) is 14.8. The molecule has 1 saturated heterocycles. The third kappa shape index (κ3) is 4.58. The quantitative estimate of drug-likeness (QED) is 0.588. The van der Waals surface area contributed by atoms with E-state index in [1.54, 1.807) is 12.0 Å². The summed E-state index contributed by atoms with van der Waals surface area (Å²) in [5.41, 5.74) is 4.76. The van der Waals surface area contributed by atoms with E-state index in [4.69, 9.17) is 17.0 Å². The standard InChI is InChI=1S/C23H27NO2S2/c1-15(2)19-13-18(16(3)12-20(19)26-4)14-21-22(25)24(23(27)28-21)11-10-17-8-6-5-7-9-17/h5-9,12-13,15,21H,10-11,14H2,1-4H3/t21-/m1/s1. The van der Waals surface area contributed by atoms with Crippen molar-refractivity contribution in [3.8, 4) is 5.75 Å². The van der Waals surface area contributed by atoms with Gasteiger partial charge in [-0.1, -0.05) is 74.2 Å². The molecule has 2 aromatic carbocycles. The number of thiocarbonyl (C=S) groups is 1. The summed E-state index contributed by atoms with van der Waals surface area (Å²) >= 11 is 7.04. The molecule has 0 unspecified atom stereocenters. The molecule has 0 spiro atoms. The number of amides is 1. The number of nitrogens with zero attached hydrogens (tertiary/aromatic N) is 1. The summed E-state index contributed by atoms with van der Waals surface area (Å²) in [5.74, 6) is 1.42. The van der Waals surface area contributed by atoms with Gasteiger partial charge in [-0.3, -0.25) is 9.69 Å². The van der Waals surface area contributed by atoms with Gasteiger partial charge in [-0.2, -0.15) is 0 Å². The first-order valence-corrected chi connectivity index (χ1v) is 10.9. The van der Waals surface area contributed by atoms with Gasteiger partial charge in [0.05, 0.1) is 12.4 Å². The molecule has 1 aliphatic rings. The van der Waals surface area contributed by atoms with Gasteiger partial charge < -0.3 is 4.74 Å². The number of rotatable bonds is 7. The van der Waals surface area contributed by atoms with Gasteiger partial charge in [0.2, 0.25) is 5.91 Å². The summed E-state index contributed by atoms with van der Waals surface area (Å²) < 4.78 is 6.24. The largest absolute Gasteiger partial charge is 0.496 e.